The van der Waals surface area contributed by atoms with E-state index in [1.807, 2.05) is 61.5 Å². The highest BCUT2D eigenvalue weighted by molar-refractivity contribution is 6.12. The summed E-state index contributed by atoms with van der Waals surface area (Å²) in [5, 5.41) is 0. The number of carbonyl (C=O) groups excluding carboxylic acids is 1. The Kier molecular flexibility index (Phi) is 5.36. The number of ether oxygens (including phenoxy) is 1. The molecule has 0 saturated heterocycles. The second-order valence-corrected chi connectivity index (χ2v) is 5.22. The quantitative estimate of drug-likeness (QED) is 0.517. The summed E-state index contributed by atoms with van der Waals surface area (Å²) >= 11 is 0. The molecule has 2 aromatic carbocycles. The molecule has 0 atom stereocenters. The van der Waals surface area contributed by atoms with Gasteiger partial charge in [-0.15, -0.1) is 0 Å². The fourth-order valence-electron chi connectivity index (χ4n) is 2.34. The van der Waals surface area contributed by atoms with Gasteiger partial charge >= 0.3 is 5.97 Å². The van der Waals surface area contributed by atoms with Crippen molar-refractivity contribution in [3.63, 3.8) is 0 Å². The van der Waals surface area contributed by atoms with Gasteiger partial charge < -0.3 is 10.5 Å². The first-order valence-corrected chi connectivity index (χ1v) is 7.53. The molecule has 3 heteroatoms. The van der Waals surface area contributed by atoms with Crippen LogP contribution in [0.3, 0.4) is 0 Å². The lowest BCUT2D eigenvalue weighted by Gasteiger charge is -2.14. The summed E-state index contributed by atoms with van der Waals surface area (Å²) < 4.78 is 5.18. The zero-order valence-electron chi connectivity index (χ0n) is 13.5. The molecule has 0 amide bonds. The Morgan fingerprint density at radius 3 is 2.35 bits per heavy atom. The Labute approximate surface area is 137 Å². The zero-order valence-corrected chi connectivity index (χ0v) is 13.5. The van der Waals surface area contributed by atoms with Crippen LogP contribution in [0.2, 0.25) is 0 Å². The maximum atomic E-state index is 12.4. The van der Waals surface area contributed by atoms with E-state index in [0.717, 1.165) is 16.7 Å². The van der Waals surface area contributed by atoms with Crippen LogP contribution < -0.4 is 5.73 Å². The van der Waals surface area contributed by atoms with Crippen LogP contribution in [0.4, 0.5) is 0 Å². The van der Waals surface area contributed by atoms with Crippen molar-refractivity contribution in [1.29, 1.82) is 0 Å². The summed E-state index contributed by atoms with van der Waals surface area (Å²) in [6.07, 6.45) is 0. The van der Waals surface area contributed by atoms with E-state index in [1.54, 1.807) is 6.92 Å². The van der Waals surface area contributed by atoms with Crippen molar-refractivity contribution >= 4 is 17.2 Å². The second-order valence-electron chi connectivity index (χ2n) is 5.22. The van der Waals surface area contributed by atoms with E-state index >= 15 is 0 Å². The average molecular weight is 307 g/mol. The number of rotatable bonds is 5. The zero-order chi connectivity index (χ0) is 16.8. The van der Waals surface area contributed by atoms with Crippen LogP contribution in [-0.2, 0) is 9.53 Å². The van der Waals surface area contributed by atoms with E-state index < -0.39 is 5.97 Å². The molecular formula is C20H21NO2. The van der Waals surface area contributed by atoms with Gasteiger partial charge in [0.2, 0.25) is 0 Å². The van der Waals surface area contributed by atoms with Crippen molar-refractivity contribution in [2.45, 2.75) is 13.8 Å². The van der Waals surface area contributed by atoms with Crippen molar-refractivity contribution in [3.8, 4) is 0 Å². The highest BCUT2D eigenvalue weighted by atomic mass is 16.5. The third kappa shape index (κ3) is 3.89. The van der Waals surface area contributed by atoms with Gasteiger partial charge in [-0.05, 0) is 36.6 Å². The summed E-state index contributed by atoms with van der Waals surface area (Å²) in [7, 11) is 0. The van der Waals surface area contributed by atoms with Gasteiger partial charge in [-0.2, -0.15) is 0 Å². The van der Waals surface area contributed by atoms with Gasteiger partial charge in [-0.3, -0.25) is 0 Å². The molecule has 0 fully saturated rings. The van der Waals surface area contributed by atoms with E-state index in [2.05, 4.69) is 6.58 Å². The van der Waals surface area contributed by atoms with Crippen LogP contribution in [0.25, 0.3) is 11.3 Å². The Balaban J connectivity index is 2.56. The molecule has 0 aliphatic heterocycles. The first-order chi connectivity index (χ1) is 11.0. The highest BCUT2D eigenvalue weighted by Gasteiger charge is 2.20. The lowest BCUT2D eigenvalue weighted by molar-refractivity contribution is -0.137. The van der Waals surface area contributed by atoms with Gasteiger partial charge in [0.25, 0.3) is 0 Å². The molecule has 0 unspecified atom stereocenters. The number of carbonyl (C=O) groups is 1. The molecule has 2 N–H and O–H groups in total. The van der Waals surface area contributed by atoms with E-state index in [1.165, 1.54) is 0 Å². The van der Waals surface area contributed by atoms with Crippen LogP contribution in [0, 0.1) is 6.92 Å². The molecule has 2 aromatic rings. The maximum absolute atomic E-state index is 12.4. The Morgan fingerprint density at radius 2 is 1.74 bits per heavy atom. The molecular weight excluding hydrogens is 286 g/mol. The predicted octanol–water partition coefficient (Wildman–Crippen LogP) is 3.94. The minimum atomic E-state index is -0.458. The molecule has 0 aromatic heterocycles. The molecule has 0 aliphatic rings. The largest absolute Gasteiger partial charge is 0.462 e. The Hall–Kier alpha value is -2.81. The van der Waals surface area contributed by atoms with Crippen molar-refractivity contribution in [2.75, 3.05) is 6.61 Å². The minimum absolute atomic E-state index is 0.283. The lowest BCUT2D eigenvalue weighted by atomic mass is 9.95. The average Bonchev–Trinajstić information content (AvgIpc) is 2.56. The Morgan fingerprint density at radius 1 is 1.09 bits per heavy atom. The second kappa shape index (κ2) is 7.45. The number of aryl methyl sites for hydroxylation is 1. The predicted molar refractivity (Wildman–Crippen MR) is 94.4 cm³/mol. The molecule has 0 spiro atoms. The smallest absolute Gasteiger partial charge is 0.340 e. The fourth-order valence-corrected chi connectivity index (χ4v) is 2.34. The summed E-state index contributed by atoms with van der Waals surface area (Å²) in [6, 6.07) is 17.2. The summed E-state index contributed by atoms with van der Waals surface area (Å²) in [6.45, 7) is 8.09. The molecule has 0 radical (unpaired) electrons. The van der Waals surface area contributed by atoms with Crippen LogP contribution in [0.5, 0.6) is 0 Å². The molecule has 0 heterocycles. The molecule has 0 saturated carbocycles. The van der Waals surface area contributed by atoms with Gasteiger partial charge in [0.05, 0.1) is 17.9 Å². The van der Waals surface area contributed by atoms with Crippen LogP contribution in [-0.4, -0.2) is 12.6 Å². The van der Waals surface area contributed by atoms with Gasteiger partial charge in [0.15, 0.2) is 0 Å². The van der Waals surface area contributed by atoms with Crippen molar-refractivity contribution in [1.82, 2.24) is 0 Å². The lowest BCUT2D eigenvalue weighted by Crippen LogP contribution is -2.15. The molecule has 0 aliphatic carbocycles. The molecule has 3 nitrogen and oxygen atoms in total. The minimum Gasteiger partial charge on any atom is -0.462 e. The molecule has 0 bridgehead atoms. The van der Waals surface area contributed by atoms with E-state index in [-0.39, 0.29) is 6.61 Å². The topological polar surface area (TPSA) is 52.3 Å². The molecule has 2 rings (SSSR count). The summed E-state index contributed by atoms with van der Waals surface area (Å²) in [4.78, 5) is 12.4. The van der Waals surface area contributed by atoms with Crippen LogP contribution in [0.15, 0.2) is 66.7 Å². The molecule has 23 heavy (non-hydrogen) atoms. The summed E-state index contributed by atoms with van der Waals surface area (Å²) in [5.74, 6) is -0.458. The third-order valence-corrected chi connectivity index (χ3v) is 3.50. The highest BCUT2D eigenvalue weighted by Crippen LogP contribution is 2.27. The van der Waals surface area contributed by atoms with Gasteiger partial charge in [0.1, 0.15) is 0 Å². The number of nitrogens with two attached hydrogens (primary N) is 1. The van der Waals surface area contributed by atoms with E-state index in [9.17, 15) is 4.79 Å². The number of hydrogen-bond donors (Lipinski definition) is 1. The standard InChI is InChI=1S/C20H21NO2/c1-4-23-20(22)18(15(3)16-10-6-5-7-11-16)19(21)17-12-8-9-14(2)13-17/h5-13H,3-4,21H2,1-2H3/b19-18+. The normalized spacial score (nSPS) is 11.6. The van der Waals surface area contributed by atoms with Gasteiger partial charge in [-0.25, -0.2) is 4.79 Å². The maximum Gasteiger partial charge on any atom is 0.340 e. The first-order valence-electron chi connectivity index (χ1n) is 7.53. The van der Waals surface area contributed by atoms with Crippen molar-refractivity contribution in [2.24, 2.45) is 5.73 Å². The number of esters is 1. The number of benzene rings is 2. The first kappa shape index (κ1) is 16.6. The Bertz CT molecular complexity index is 745. The van der Waals surface area contributed by atoms with Crippen LogP contribution in [0.1, 0.15) is 23.6 Å². The van der Waals surface area contributed by atoms with Gasteiger partial charge in [-0.1, -0.05) is 60.7 Å². The SMILES string of the molecule is C=C(/C(C(=O)OCC)=C(\N)c1cccc(C)c1)c1ccccc1. The summed E-state index contributed by atoms with van der Waals surface area (Å²) in [5.41, 5.74) is 10.2. The van der Waals surface area contributed by atoms with Crippen molar-refractivity contribution < 1.29 is 9.53 Å². The third-order valence-electron chi connectivity index (χ3n) is 3.50. The van der Waals surface area contributed by atoms with Crippen LogP contribution >= 0.6 is 0 Å². The molecule has 118 valence electrons. The monoisotopic (exact) mass is 307 g/mol. The van der Waals surface area contributed by atoms with Gasteiger partial charge in [0, 0.05) is 0 Å². The van der Waals surface area contributed by atoms with E-state index in [4.69, 9.17) is 10.5 Å². The van der Waals surface area contributed by atoms with E-state index in [0.29, 0.717) is 16.8 Å². The van der Waals surface area contributed by atoms with Crippen molar-refractivity contribution in [3.05, 3.63) is 83.4 Å². The fraction of sp³-hybridized carbons (Fsp3) is 0.150. The number of hydrogen-bond acceptors (Lipinski definition) is 3.